The molecule has 1 atom stereocenters. The van der Waals surface area contributed by atoms with Crippen molar-refractivity contribution in [2.75, 3.05) is 0 Å². The molecule has 2 nitrogen and oxygen atoms in total. The minimum absolute atomic E-state index is 0.126. The predicted molar refractivity (Wildman–Crippen MR) is 74.8 cm³/mol. The van der Waals surface area contributed by atoms with Gasteiger partial charge in [0.25, 0.3) is 0 Å². The van der Waals surface area contributed by atoms with Gasteiger partial charge in [0.15, 0.2) is 0 Å². The number of phenolic OH excluding ortho intramolecular Hbond substituents is 1. The Kier molecular flexibility index (Phi) is 4.53. The van der Waals surface area contributed by atoms with E-state index in [1.165, 1.54) is 12.1 Å². The van der Waals surface area contributed by atoms with Crippen LogP contribution in [0.2, 0.25) is 0 Å². The van der Waals surface area contributed by atoms with E-state index in [-0.39, 0.29) is 11.3 Å². The van der Waals surface area contributed by atoms with Crippen molar-refractivity contribution in [3.8, 4) is 5.75 Å². The molecule has 0 aliphatic heterocycles. The number of aromatic hydroxyl groups is 1. The Hall–Kier alpha value is -2.01. The van der Waals surface area contributed by atoms with Crippen molar-refractivity contribution in [1.82, 2.24) is 5.32 Å². The summed E-state index contributed by atoms with van der Waals surface area (Å²) in [5, 5.41) is 12.7. The summed E-state index contributed by atoms with van der Waals surface area (Å²) in [6.45, 7) is 1.96. The number of hydrogen-bond acceptors (Lipinski definition) is 2. The van der Waals surface area contributed by atoms with E-state index in [0.717, 1.165) is 6.07 Å². The van der Waals surface area contributed by atoms with Crippen molar-refractivity contribution < 1.29 is 18.3 Å². The molecule has 2 aromatic carbocycles. The molecular weight excluding hydrogens is 279 g/mol. The highest BCUT2D eigenvalue weighted by Crippen LogP contribution is 2.34. The molecule has 0 amide bonds. The van der Waals surface area contributed by atoms with E-state index in [0.29, 0.717) is 12.1 Å². The first-order valence-electron chi connectivity index (χ1n) is 6.56. The molecule has 2 N–H and O–H groups in total. The van der Waals surface area contributed by atoms with Crippen molar-refractivity contribution >= 4 is 0 Å². The number of phenols is 1. The molecule has 1 unspecified atom stereocenters. The van der Waals surface area contributed by atoms with Crippen molar-refractivity contribution in [3.63, 3.8) is 0 Å². The number of hydrogen-bond donors (Lipinski definition) is 2. The monoisotopic (exact) mass is 295 g/mol. The largest absolute Gasteiger partial charge is 0.508 e. The van der Waals surface area contributed by atoms with E-state index in [4.69, 9.17) is 0 Å². The minimum atomic E-state index is -4.37. The molecule has 0 saturated heterocycles. The van der Waals surface area contributed by atoms with Gasteiger partial charge in [-0.3, -0.25) is 0 Å². The molecular formula is C16H16F3NO. The summed E-state index contributed by atoms with van der Waals surface area (Å²) in [5.74, 6) is 0.126. The van der Waals surface area contributed by atoms with Gasteiger partial charge in [-0.05, 0) is 24.6 Å². The van der Waals surface area contributed by atoms with E-state index in [1.54, 1.807) is 37.3 Å². The second kappa shape index (κ2) is 6.18. The number of halogens is 3. The topological polar surface area (TPSA) is 32.3 Å². The summed E-state index contributed by atoms with van der Waals surface area (Å²) < 4.78 is 38.9. The van der Waals surface area contributed by atoms with Gasteiger partial charge in [0.2, 0.25) is 0 Å². The summed E-state index contributed by atoms with van der Waals surface area (Å²) in [4.78, 5) is 0. The average Bonchev–Trinajstić information content (AvgIpc) is 2.45. The normalized spacial score (nSPS) is 13.1. The smallest absolute Gasteiger partial charge is 0.416 e. The van der Waals surface area contributed by atoms with Crippen LogP contribution in [0.5, 0.6) is 5.75 Å². The van der Waals surface area contributed by atoms with Crippen LogP contribution >= 0.6 is 0 Å². The third-order valence-corrected chi connectivity index (χ3v) is 3.32. The van der Waals surface area contributed by atoms with Crippen LogP contribution in [0.15, 0.2) is 48.5 Å². The standard InChI is InChI=1S/C16H16F3NO/c1-11(20-10-12-6-2-5-9-15(12)21)13-7-3-4-8-14(13)16(17,18)19/h2-9,11,20-21H,10H2,1H3. The summed E-state index contributed by atoms with van der Waals surface area (Å²) in [6.07, 6.45) is -4.37. The van der Waals surface area contributed by atoms with Gasteiger partial charge >= 0.3 is 6.18 Å². The molecule has 2 rings (SSSR count). The molecule has 5 heteroatoms. The van der Waals surface area contributed by atoms with Crippen molar-refractivity contribution in [2.45, 2.75) is 25.7 Å². The summed E-state index contributed by atoms with van der Waals surface area (Å²) in [6, 6.07) is 11.8. The Morgan fingerprint density at radius 2 is 1.67 bits per heavy atom. The quantitative estimate of drug-likeness (QED) is 0.883. The third kappa shape index (κ3) is 3.76. The molecule has 0 aliphatic carbocycles. The fourth-order valence-corrected chi connectivity index (χ4v) is 2.17. The van der Waals surface area contributed by atoms with Gasteiger partial charge in [-0.15, -0.1) is 0 Å². The molecule has 0 aliphatic rings. The molecule has 0 radical (unpaired) electrons. The van der Waals surface area contributed by atoms with Crippen LogP contribution in [0.1, 0.15) is 29.7 Å². The molecule has 0 aromatic heterocycles. The van der Waals surface area contributed by atoms with E-state index in [2.05, 4.69) is 5.32 Å². The third-order valence-electron chi connectivity index (χ3n) is 3.32. The van der Waals surface area contributed by atoms with Crippen molar-refractivity contribution in [1.29, 1.82) is 0 Å². The number of alkyl halides is 3. The van der Waals surface area contributed by atoms with E-state index < -0.39 is 17.8 Å². The van der Waals surface area contributed by atoms with Gasteiger partial charge in [0.05, 0.1) is 5.56 Å². The molecule has 0 saturated carbocycles. The highest BCUT2D eigenvalue weighted by Gasteiger charge is 2.34. The Morgan fingerprint density at radius 1 is 1.05 bits per heavy atom. The van der Waals surface area contributed by atoms with Crippen LogP contribution in [0.25, 0.3) is 0 Å². The van der Waals surface area contributed by atoms with Crippen LogP contribution in [0.4, 0.5) is 13.2 Å². The lowest BCUT2D eigenvalue weighted by Gasteiger charge is -2.19. The summed E-state index contributed by atoms with van der Waals surface area (Å²) in [7, 11) is 0. The highest BCUT2D eigenvalue weighted by molar-refractivity contribution is 5.34. The van der Waals surface area contributed by atoms with Crippen molar-refractivity contribution in [2.24, 2.45) is 0 Å². The van der Waals surface area contributed by atoms with Gasteiger partial charge in [-0.25, -0.2) is 0 Å². The predicted octanol–water partition coefficient (Wildman–Crippen LogP) is 4.26. The lowest BCUT2D eigenvalue weighted by Crippen LogP contribution is -2.21. The first kappa shape index (κ1) is 15.4. The molecule has 0 bridgehead atoms. The number of para-hydroxylation sites is 1. The average molecular weight is 295 g/mol. The molecule has 0 spiro atoms. The van der Waals surface area contributed by atoms with Gasteiger partial charge in [0, 0.05) is 18.2 Å². The zero-order valence-electron chi connectivity index (χ0n) is 11.5. The lowest BCUT2D eigenvalue weighted by molar-refractivity contribution is -0.138. The molecule has 21 heavy (non-hydrogen) atoms. The van der Waals surface area contributed by atoms with Gasteiger partial charge in [0.1, 0.15) is 5.75 Å². The van der Waals surface area contributed by atoms with E-state index in [1.807, 2.05) is 0 Å². The minimum Gasteiger partial charge on any atom is -0.508 e. The Morgan fingerprint density at radius 3 is 2.33 bits per heavy atom. The fourth-order valence-electron chi connectivity index (χ4n) is 2.17. The molecule has 112 valence electrons. The maximum atomic E-state index is 13.0. The number of nitrogens with one attached hydrogen (secondary N) is 1. The Balaban J connectivity index is 2.15. The number of rotatable bonds is 4. The van der Waals surface area contributed by atoms with Crippen LogP contribution in [-0.4, -0.2) is 5.11 Å². The fraction of sp³-hybridized carbons (Fsp3) is 0.250. The van der Waals surface area contributed by atoms with Gasteiger partial charge in [-0.1, -0.05) is 36.4 Å². The summed E-state index contributed by atoms with van der Waals surface area (Å²) in [5.41, 5.74) is 0.205. The highest BCUT2D eigenvalue weighted by atomic mass is 19.4. The second-order valence-corrected chi connectivity index (χ2v) is 4.82. The lowest BCUT2D eigenvalue weighted by atomic mass is 10.0. The SMILES string of the molecule is CC(NCc1ccccc1O)c1ccccc1C(F)(F)F. The van der Waals surface area contributed by atoms with Crippen LogP contribution in [-0.2, 0) is 12.7 Å². The Bertz CT molecular complexity index is 610. The van der Waals surface area contributed by atoms with Crippen LogP contribution < -0.4 is 5.32 Å². The summed E-state index contributed by atoms with van der Waals surface area (Å²) >= 11 is 0. The second-order valence-electron chi connectivity index (χ2n) is 4.82. The zero-order chi connectivity index (χ0) is 15.5. The van der Waals surface area contributed by atoms with Gasteiger partial charge < -0.3 is 10.4 Å². The molecule has 2 aromatic rings. The van der Waals surface area contributed by atoms with Gasteiger partial charge in [-0.2, -0.15) is 13.2 Å². The van der Waals surface area contributed by atoms with Crippen LogP contribution in [0, 0.1) is 0 Å². The number of benzene rings is 2. The zero-order valence-corrected chi connectivity index (χ0v) is 11.5. The molecule has 0 fully saturated rings. The van der Waals surface area contributed by atoms with Crippen LogP contribution in [0.3, 0.4) is 0 Å². The van der Waals surface area contributed by atoms with E-state index in [9.17, 15) is 18.3 Å². The maximum absolute atomic E-state index is 13.0. The van der Waals surface area contributed by atoms with Crippen molar-refractivity contribution in [3.05, 3.63) is 65.2 Å². The Labute approximate surface area is 121 Å². The first-order chi connectivity index (χ1) is 9.89. The molecule has 0 heterocycles. The maximum Gasteiger partial charge on any atom is 0.416 e. The first-order valence-corrected chi connectivity index (χ1v) is 6.56. The van der Waals surface area contributed by atoms with E-state index >= 15 is 0 Å².